The van der Waals surface area contributed by atoms with Crippen molar-refractivity contribution >= 4 is 17.3 Å². The Balaban J connectivity index is 2.13. The minimum Gasteiger partial charge on any atom is -0.368 e. The van der Waals surface area contributed by atoms with E-state index in [0.29, 0.717) is 23.8 Å². The zero-order chi connectivity index (χ0) is 14.8. The number of rotatable bonds is 3. The van der Waals surface area contributed by atoms with Crippen LogP contribution in [0.25, 0.3) is 0 Å². The Morgan fingerprint density at radius 1 is 1.15 bits per heavy atom. The predicted molar refractivity (Wildman–Crippen MR) is 75.4 cm³/mol. The highest BCUT2D eigenvalue weighted by molar-refractivity contribution is 6.33. The van der Waals surface area contributed by atoms with E-state index in [1.165, 1.54) is 6.07 Å². The fraction of sp³-hybridized carbons (Fsp3) is 0.571. The van der Waals surface area contributed by atoms with E-state index < -0.39 is 11.7 Å². The van der Waals surface area contributed by atoms with Crippen molar-refractivity contribution in [2.45, 2.75) is 19.5 Å². The molecule has 20 heavy (non-hydrogen) atoms. The van der Waals surface area contributed by atoms with E-state index >= 15 is 0 Å². The van der Waals surface area contributed by atoms with Crippen LogP contribution in [0.3, 0.4) is 0 Å². The molecule has 2 nitrogen and oxygen atoms in total. The van der Waals surface area contributed by atoms with Crippen LogP contribution >= 0.6 is 11.6 Å². The average Bonchev–Trinajstić information content (AvgIpc) is 2.39. The van der Waals surface area contributed by atoms with E-state index in [2.05, 4.69) is 11.8 Å². The number of hydrogen-bond acceptors (Lipinski definition) is 2. The SMILES string of the molecule is CCCN1CCN(c2cc(C(F)(F)F)ccc2Cl)CC1. The van der Waals surface area contributed by atoms with Crippen LogP contribution < -0.4 is 4.90 Å². The first kappa shape index (κ1) is 15.4. The number of halogens is 4. The Labute approximate surface area is 122 Å². The van der Waals surface area contributed by atoms with Gasteiger partial charge in [0, 0.05) is 26.2 Å². The molecule has 1 aromatic carbocycles. The third-order valence-corrected chi connectivity index (χ3v) is 3.85. The summed E-state index contributed by atoms with van der Waals surface area (Å²) in [7, 11) is 0. The first-order valence-corrected chi connectivity index (χ1v) is 7.13. The van der Waals surface area contributed by atoms with E-state index in [4.69, 9.17) is 11.6 Å². The maximum absolute atomic E-state index is 12.8. The van der Waals surface area contributed by atoms with Crippen molar-refractivity contribution in [3.8, 4) is 0 Å². The standard InChI is InChI=1S/C14H18ClF3N2/c1-2-5-19-6-8-20(9-7-19)13-10-11(14(16,17)18)3-4-12(13)15/h3-4,10H,2,5-9H2,1H3. The summed E-state index contributed by atoms with van der Waals surface area (Å²) in [5, 5.41) is 0.377. The van der Waals surface area contributed by atoms with E-state index in [1.807, 2.05) is 4.90 Å². The number of hydrogen-bond donors (Lipinski definition) is 0. The van der Waals surface area contributed by atoms with E-state index in [9.17, 15) is 13.2 Å². The number of benzene rings is 1. The molecule has 0 spiro atoms. The van der Waals surface area contributed by atoms with Gasteiger partial charge >= 0.3 is 6.18 Å². The van der Waals surface area contributed by atoms with Gasteiger partial charge in [-0.15, -0.1) is 0 Å². The molecule has 1 saturated heterocycles. The second-order valence-corrected chi connectivity index (χ2v) is 5.40. The van der Waals surface area contributed by atoms with Gasteiger partial charge in [0.25, 0.3) is 0 Å². The molecule has 0 unspecified atom stereocenters. The van der Waals surface area contributed by atoms with Crippen molar-refractivity contribution in [3.63, 3.8) is 0 Å². The topological polar surface area (TPSA) is 6.48 Å². The molecule has 0 bridgehead atoms. The second kappa shape index (κ2) is 6.22. The molecule has 1 fully saturated rings. The number of anilines is 1. The molecular formula is C14H18ClF3N2. The van der Waals surface area contributed by atoms with Crippen LogP contribution in [0.5, 0.6) is 0 Å². The molecule has 0 aromatic heterocycles. The molecule has 2 rings (SSSR count). The summed E-state index contributed by atoms with van der Waals surface area (Å²) in [6.45, 7) is 6.29. The van der Waals surface area contributed by atoms with Crippen LogP contribution in [0.2, 0.25) is 5.02 Å². The fourth-order valence-electron chi connectivity index (χ4n) is 2.46. The highest BCUT2D eigenvalue weighted by Crippen LogP contribution is 2.35. The van der Waals surface area contributed by atoms with Crippen LogP contribution in [-0.4, -0.2) is 37.6 Å². The molecular weight excluding hydrogens is 289 g/mol. The zero-order valence-electron chi connectivity index (χ0n) is 11.4. The summed E-state index contributed by atoms with van der Waals surface area (Å²) in [4.78, 5) is 4.25. The molecule has 112 valence electrons. The van der Waals surface area contributed by atoms with Crippen molar-refractivity contribution in [1.82, 2.24) is 4.90 Å². The normalized spacial score (nSPS) is 17.6. The summed E-state index contributed by atoms with van der Waals surface area (Å²) >= 11 is 6.05. The molecule has 0 amide bonds. The lowest BCUT2D eigenvalue weighted by atomic mass is 10.1. The lowest BCUT2D eigenvalue weighted by molar-refractivity contribution is -0.137. The third-order valence-electron chi connectivity index (χ3n) is 3.53. The van der Waals surface area contributed by atoms with Crippen LogP contribution in [0.4, 0.5) is 18.9 Å². The van der Waals surface area contributed by atoms with Crippen LogP contribution in [-0.2, 0) is 6.18 Å². The number of piperazine rings is 1. The van der Waals surface area contributed by atoms with E-state index in [-0.39, 0.29) is 0 Å². The van der Waals surface area contributed by atoms with Crippen LogP contribution in [0.1, 0.15) is 18.9 Å². The number of nitrogens with zero attached hydrogens (tertiary/aromatic N) is 2. The Hall–Kier alpha value is -0.940. The lowest BCUT2D eigenvalue weighted by Gasteiger charge is -2.36. The van der Waals surface area contributed by atoms with Crippen molar-refractivity contribution in [1.29, 1.82) is 0 Å². The van der Waals surface area contributed by atoms with Gasteiger partial charge in [0.05, 0.1) is 16.3 Å². The van der Waals surface area contributed by atoms with Gasteiger partial charge in [-0.25, -0.2) is 0 Å². The molecule has 1 aromatic rings. The highest BCUT2D eigenvalue weighted by Gasteiger charge is 2.31. The molecule has 0 N–H and O–H groups in total. The maximum atomic E-state index is 12.8. The molecule has 1 aliphatic rings. The molecule has 0 atom stereocenters. The van der Waals surface area contributed by atoms with Gasteiger partial charge in [-0.2, -0.15) is 13.2 Å². The first-order valence-electron chi connectivity index (χ1n) is 6.76. The highest BCUT2D eigenvalue weighted by atomic mass is 35.5. The molecule has 0 saturated carbocycles. The minimum atomic E-state index is -4.33. The van der Waals surface area contributed by atoms with Gasteiger partial charge in [-0.3, -0.25) is 4.90 Å². The summed E-state index contributed by atoms with van der Waals surface area (Å²) in [5.74, 6) is 0. The Bertz CT molecular complexity index is 454. The summed E-state index contributed by atoms with van der Waals surface area (Å²) in [5.41, 5.74) is -0.162. The van der Waals surface area contributed by atoms with Crippen LogP contribution in [0.15, 0.2) is 18.2 Å². The predicted octanol–water partition coefficient (Wildman–Crippen LogP) is 3.89. The smallest absolute Gasteiger partial charge is 0.368 e. The van der Waals surface area contributed by atoms with E-state index in [1.54, 1.807) is 0 Å². The first-order chi connectivity index (χ1) is 9.41. The Morgan fingerprint density at radius 2 is 1.80 bits per heavy atom. The van der Waals surface area contributed by atoms with Crippen LogP contribution in [0, 0.1) is 0 Å². The second-order valence-electron chi connectivity index (χ2n) is 4.99. The van der Waals surface area contributed by atoms with Crippen molar-refractivity contribution < 1.29 is 13.2 Å². The molecule has 1 aliphatic heterocycles. The van der Waals surface area contributed by atoms with Gasteiger partial charge in [-0.05, 0) is 31.2 Å². The van der Waals surface area contributed by atoms with Gasteiger partial charge in [0.1, 0.15) is 0 Å². The summed E-state index contributed by atoms with van der Waals surface area (Å²) < 4.78 is 38.3. The van der Waals surface area contributed by atoms with Crippen molar-refractivity contribution in [2.24, 2.45) is 0 Å². The Kier molecular flexibility index (Phi) is 4.81. The third kappa shape index (κ3) is 3.58. The van der Waals surface area contributed by atoms with Crippen molar-refractivity contribution in [2.75, 3.05) is 37.6 Å². The van der Waals surface area contributed by atoms with Gasteiger partial charge in [0.15, 0.2) is 0 Å². The van der Waals surface area contributed by atoms with Crippen molar-refractivity contribution in [3.05, 3.63) is 28.8 Å². The zero-order valence-corrected chi connectivity index (χ0v) is 12.1. The quantitative estimate of drug-likeness (QED) is 0.836. The molecule has 6 heteroatoms. The summed E-state index contributed by atoms with van der Waals surface area (Å²) in [6.07, 6.45) is -3.24. The monoisotopic (exact) mass is 306 g/mol. The van der Waals surface area contributed by atoms with E-state index in [0.717, 1.165) is 38.2 Å². The largest absolute Gasteiger partial charge is 0.416 e. The average molecular weight is 307 g/mol. The molecule has 0 aliphatic carbocycles. The van der Waals surface area contributed by atoms with Gasteiger partial charge in [-0.1, -0.05) is 18.5 Å². The Morgan fingerprint density at radius 3 is 2.35 bits per heavy atom. The summed E-state index contributed by atoms with van der Waals surface area (Å²) in [6, 6.07) is 3.51. The molecule has 0 radical (unpaired) electrons. The fourth-order valence-corrected chi connectivity index (χ4v) is 2.70. The van der Waals surface area contributed by atoms with Gasteiger partial charge in [0.2, 0.25) is 0 Å². The number of alkyl halides is 3. The minimum absolute atomic E-state index is 0.377. The van der Waals surface area contributed by atoms with Gasteiger partial charge < -0.3 is 4.90 Å². The lowest BCUT2D eigenvalue weighted by Crippen LogP contribution is -2.46. The molecule has 1 heterocycles. The maximum Gasteiger partial charge on any atom is 0.416 e.